The minimum absolute atomic E-state index is 0.491. The van der Waals surface area contributed by atoms with Crippen LogP contribution >= 0.6 is 15.9 Å². The Labute approximate surface area is 125 Å². The van der Waals surface area contributed by atoms with Crippen LogP contribution in [0.25, 0.3) is 0 Å². The lowest BCUT2D eigenvalue weighted by molar-refractivity contribution is 0.185. The summed E-state index contributed by atoms with van der Waals surface area (Å²) in [5.74, 6) is 0. The molecule has 0 saturated heterocycles. The fourth-order valence-electron chi connectivity index (χ4n) is 3.52. The number of hydrogen-bond donors (Lipinski definition) is 1. The van der Waals surface area contributed by atoms with Crippen LogP contribution in [-0.4, -0.2) is 17.6 Å². The normalized spacial score (nSPS) is 19.5. The van der Waals surface area contributed by atoms with E-state index in [0.717, 1.165) is 17.4 Å². The lowest BCUT2D eigenvalue weighted by Crippen LogP contribution is -2.45. The second kappa shape index (κ2) is 6.85. The second-order valence-corrected chi connectivity index (χ2v) is 6.62. The van der Waals surface area contributed by atoms with E-state index in [2.05, 4.69) is 52.2 Å². The maximum absolute atomic E-state index is 4.55. The van der Waals surface area contributed by atoms with Crippen LogP contribution in [0.4, 0.5) is 0 Å². The van der Waals surface area contributed by atoms with Gasteiger partial charge < -0.3 is 5.32 Å². The average Bonchev–Trinajstić information content (AvgIpc) is 2.91. The Kier molecular flexibility index (Phi) is 5.40. The molecule has 1 aliphatic rings. The van der Waals surface area contributed by atoms with E-state index in [9.17, 15) is 0 Å². The average molecular weight is 325 g/mol. The van der Waals surface area contributed by atoms with E-state index < -0.39 is 0 Å². The van der Waals surface area contributed by atoms with Crippen molar-refractivity contribution in [2.45, 2.75) is 58.4 Å². The molecule has 1 saturated carbocycles. The van der Waals surface area contributed by atoms with Gasteiger partial charge in [0.25, 0.3) is 0 Å². The third kappa shape index (κ3) is 3.57. The fraction of sp³-hybridized carbons (Fsp3) is 0.688. The summed E-state index contributed by atoms with van der Waals surface area (Å²) in [6.07, 6.45) is 9.77. The lowest BCUT2D eigenvalue weighted by atomic mass is 9.74. The van der Waals surface area contributed by atoms with E-state index in [-0.39, 0.29) is 0 Å². The highest BCUT2D eigenvalue weighted by molar-refractivity contribution is 9.10. The number of nitrogens with one attached hydrogen (secondary N) is 1. The Morgan fingerprint density at radius 3 is 2.58 bits per heavy atom. The van der Waals surface area contributed by atoms with Gasteiger partial charge in [-0.3, -0.25) is 4.98 Å². The van der Waals surface area contributed by atoms with E-state index in [1.807, 2.05) is 6.20 Å². The molecule has 106 valence electrons. The van der Waals surface area contributed by atoms with Crippen LogP contribution in [0, 0.1) is 5.41 Å². The molecule has 1 unspecified atom stereocenters. The zero-order chi connectivity index (χ0) is 13.7. The molecule has 1 aliphatic carbocycles. The topological polar surface area (TPSA) is 24.9 Å². The van der Waals surface area contributed by atoms with E-state index in [4.69, 9.17) is 0 Å². The van der Waals surface area contributed by atoms with Gasteiger partial charge >= 0.3 is 0 Å². The van der Waals surface area contributed by atoms with Crippen molar-refractivity contribution in [2.24, 2.45) is 5.41 Å². The van der Waals surface area contributed by atoms with Crippen LogP contribution in [0.15, 0.2) is 22.8 Å². The molecule has 2 rings (SSSR count). The van der Waals surface area contributed by atoms with Crippen LogP contribution in [0.2, 0.25) is 0 Å². The van der Waals surface area contributed by atoms with Crippen LogP contribution < -0.4 is 5.32 Å². The molecule has 0 amide bonds. The van der Waals surface area contributed by atoms with Gasteiger partial charge in [-0.15, -0.1) is 0 Å². The van der Waals surface area contributed by atoms with E-state index >= 15 is 0 Å². The SMILES string of the molecule is CCNC(Cc1ccc(Br)cn1)C1(CC)CCCC1. The fourth-order valence-corrected chi connectivity index (χ4v) is 3.75. The predicted molar refractivity (Wildman–Crippen MR) is 84.3 cm³/mol. The third-order valence-electron chi connectivity index (χ3n) is 4.70. The van der Waals surface area contributed by atoms with Crippen molar-refractivity contribution in [3.63, 3.8) is 0 Å². The number of nitrogens with zero attached hydrogens (tertiary/aromatic N) is 1. The van der Waals surface area contributed by atoms with Crippen molar-refractivity contribution < 1.29 is 0 Å². The van der Waals surface area contributed by atoms with Crippen molar-refractivity contribution in [3.8, 4) is 0 Å². The molecule has 1 fully saturated rings. The standard InChI is InChI=1S/C16H25BrN2/c1-3-16(9-5-6-10-16)15(18-4-2)11-14-8-7-13(17)12-19-14/h7-8,12,15,18H,3-6,9-11H2,1-2H3. The third-order valence-corrected chi connectivity index (χ3v) is 5.16. The first kappa shape index (κ1) is 15.0. The summed E-state index contributed by atoms with van der Waals surface area (Å²) in [6.45, 7) is 5.61. The Morgan fingerprint density at radius 2 is 2.05 bits per heavy atom. The maximum Gasteiger partial charge on any atom is 0.0420 e. The second-order valence-electron chi connectivity index (χ2n) is 5.71. The highest BCUT2D eigenvalue weighted by atomic mass is 79.9. The molecule has 1 N–H and O–H groups in total. The smallest absolute Gasteiger partial charge is 0.0420 e. The first-order chi connectivity index (χ1) is 9.20. The van der Waals surface area contributed by atoms with Crippen molar-refractivity contribution in [1.82, 2.24) is 10.3 Å². The summed E-state index contributed by atoms with van der Waals surface area (Å²) in [6, 6.07) is 4.81. The summed E-state index contributed by atoms with van der Waals surface area (Å²) < 4.78 is 1.06. The summed E-state index contributed by atoms with van der Waals surface area (Å²) in [7, 11) is 0. The van der Waals surface area contributed by atoms with E-state index in [0.29, 0.717) is 11.5 Å². The highest BCUT2D eigenvalue weighted by Gasteiger charge is 2.39. The Balaban J connectivity index is 2.13. The van der Waals surface area contributed by atoms with Gasteiger partial charge in [0.1, 0.15) is 0 Å². The molecule has 19 heavy (non-hydrogen) atoms. The van der Waals surface area contributed by atoms with Gasteiger partial charge in [-0.1, -0.05) is 26.7 Å². The molecule has 1 atom stereocenters. The molecule has 1 aromatic heterocycles. The predicted octanol–water partition coefficient (Wildman–Crippen LogP) is 4.34. The molecule has 0 spiro atoms. The van der Waals surface area contributed by atoms with Crippen molar-refractivity contribution in [1.29, 1.82) is 0 Å². The van der Waals surface area contributed by atoms with Gasteiger partial charge in [0.2, 0.25) is 0 Å². The summed E-state index contributed by atoms with van der Waals surface area (Å²) in [5, 5.41) is 3.73. The molecule has 0 radical (unpaired) electrons. The zero-order valence-corrected chi connectivity index (χ0v) is 13.7. The van der Waals surface area contributed by atoms with Gasteiger partial charge in [-0.2, -0.15) is 0 Å². The van der Waals surface area contributed by atoms with Crippen LogP contribution in [0.3, 0.4) is 0 Å². The number of hydrogen-bond acceptors (Lipinski definition) is 2. The molecule has 0 bridgehead atoms. The van der Waals surface area contributed by atoms with Crippen LogP contribution in [-0.2, 0) is 6.42 Å². The highest BCUT2D eigenvalue weighted by Crippen LogP contribution is 2.44. The van der Waals surface area contributed by atoms with Crippen LogP contribution in [0.1, 0.15) is 51.6 Å². The molecule has 0 aromatic carbocycles. The molecular weight excluding hydrogens is 300 g/mol. The van der Waals surface area contributed by atoms with E-state index in [1.54, 1.807) is 0 Å². The summed E-state index contributed by atoms with van der Waals surface area (Å²) >= 11 is 3.45. The number of halogens is 1. The number of likely N-dealkylation sites (N-methyl/N-ethyl adjacent to an activating group) is 1. The van der Waals surface area contributed by atoms with Gasteiger partial charge in [-0.25, -0.2) is 0 Å². The molecule has 1 aromatic rings. The number of rotatable bonds is 6. The largest absolute Gasteiger partial charge is 0.313 e. The first-order valence-electron chi connectivity index (χ1n) is 7.54. The summed E-state index contributed by atoms with van der Waals surface area (Å²) in [4.78, 5) is 4.55. The van der Waals surface area contributed by atoms with Crippen molar-refractivity contribution in [3.05, 3.63) is 28.5 Å². The van der Waals surface area contributed by atoms with Gasteiger partial charge in [0, 0.05) is 28.8 Å². The minimum atomic E-state index is 0.491. The Hall–Kier alpha value is -0.410. The maximum atomic E-state index is 4.55. The molecule has 2 nitrogen and oxygen atoms in total. The van der Waals surface area contributed by atoms with Gasteiger partial charge in [-0.05, 0) is 59.3 Å². The van der Waals surface area contributed by atoms with Gasteiger partial charge in [0.05, 0.1) is 0 Å². The number of aromatic nitrogens is 1. The van der Waals surface area contributed by atoms with Crippen molar-refractivity contribution in [2.75, 3.05) is 6.54 Å². The zero-order valence-electron chi connectivity index (χ0n) is 12.1. The molecular formula is C16H25BrN2. The van der Waals surface area contributed by atoms with Crippen molar-refractivity contribution >= 4 is 15.9 Å². The molecule has 0 aliphatic heterocycles. The first-order valence-corrected chi connectivity index (χ1v) is 8.33. The molecule has 3 heteroatoms. The summed E-state index contributed by atoms with van der Waals surface area (Å²) in [5.41, 5.74) is 1.69. The van der Waals surface area contributed by atoms with Crippen LogP contribution in [0.5, 0.6) is 0 Å². The Morgan fingerprint density at radius 1 is 1.32 bits per heavy atom. The quantitative estimate of drug-likeness (QED) is 0.842. The minimum Gasteiger partial charge on any atom is -0.313 e. The molecule has 1 heterocycles. The number of pyridine rings is 1. The lowest BCUT2D eigenvalue weighted by Gasteiger charge is -2.37. The monoisotopic (exact) mass is 324 g/mol. The Bertz CT molecular complexity index is 382. The van der Waals surface area contributed by atoms with E-state index in [1.165, 1.54) is 37.8 Å². The van der Waals surface area contributed by atoms with Gasteiger partial charge in [0.15, 0.2) is 0 Å².